The Morgan fingerprint density at radius 1 is 1.24 bits per heavy atom. The van der Waals surface area contributed by atoms with Gasteiger partial charge in [0.25, 0.3) is 5.91 Å². The minimum atomic E-state index is -2.66. The largest absolute Gasteiger partial charge is 0.489 e. The van der Waals surface area contributed by atoms with Crippen LogP contribution in [0.15, 0.2) is 48.8 Å². The molecule has 0 bridgehead atoms. The lowest BCUT2D eigenvalue weighted by Crippen LogP contribution is -2.21. The molecule has 0 fully saturated rings. The number of nitrogens with one attached hydrogen (secondary N) is 2. The molecule has 2 N–H and O–H groups in total. The van der Waals surface area contributed by atoms with Gasteiger partial charge >= 0.3 is 0 Å². The lowest BCUT2D eigenvalue weighted by Gasteiger charge is -2.17. The summed E-state index contributed by atoms with van der Waals surface area (Å²) < 4.78 is 27.6. The maximum absolute atomic E-state index is 12.3. The summed E-state index contributed by atoms with van der Waals surface area (Å²) in [7, 11) is 0. The van der Waals surface area contributed by atoms with E-state index in [1.54, 1.807) is 30.3 Å². The number of carbonyl (C=O) groups is 1. The second-order valence-corrected chi connectivity index (χ2v) is 6.29. The Balaban J connectivity index is 1.96. The number of hydrogen-bond acceptors (Lipinski definition) is 7. The van der Waals surface area contributed by atoms with Crippen molar-refractivity contribution in [3.8, 4) is 23.1 Å². The number of amides is 1. The molecule has 0 saturated heterocycles. The Labute approximate surface area is 172 Å². The predicted octanol–water partition coefficient (Wildman–Crippen LogP) is 3.30. The molecule has 0 aliphatic rings. The lowest BCUT2D eigenvalue weighted by molar-refractivity contribution is 0.0958. The number of ether oxygens (including phenoxy) is 1. The lowest BCUT2D eigenvalue weighted by atomic mass is 10.1. The summed E-state index contributed by atoms with van der Waals surface area (Å²) >= 11 is 0. The van der Waals surface area contributed by atoms with Gasteiger partial charge in [0, 0.05) is 22.8 Å². The second kappa shape index (κ2) is 8.80. The number of pyridine rings is 1. The fourth-order valence-electron chi connectivity index (χ4n) is 2.57. The number of aromatic nitrogens is 3. The van der Waals surface area contributed by atoms with Crippen molar-refractivity contribution in [2.45, 2.75) is 20.0 Å². The predicted molar refractivity (Wildman–Crippen MR) is 109 cm³/mol. The van der Waals surface area contributed by atoms with E-state index in [0.717, 1.165) is 5.56 Å². The quantitative estimate of drug-likeness (QED) is 0.663. The van der Waals surface area contributed by atoms with Crippen LogP contribution >= 0.6 is 0 Å². The fourth-order valence-corrected chi connectivity index (χ4v) is 2.57. The molecule has 0 spiro atoms. The zero-order valence-corrected chi connectivity index (χ0v) is 15.8. The van der Waals surface area contributed by atoms with Crippen LogP contribution in [0.4, 0.5) is 11.4 Å². The van der Waals surface area contributed by atoms with Gasteiger partial charge in [-0.25, -0.2) is 0 Å². The van der Waals surface area contributed by atoms with E-state index in [2.05, 4.69) is 20.5 Å². The van der Waals surface area contributed by atoms with Crippen molar-refractivity contribution in [1.29, 1.82) is 5.26 Å². The average Bonchev–Trinajstić information content (AvgIpc) is 2.74. The van der Waals surface area contributed by atoms with Crippen LogP contribution in [0.25, 0.3) is 11.3 Å². The van der Waals surface area contributed by atoms with E-state index in [0.29, 0.717) is 22.7 Å². The Morgan fingerprint density at radius 3 is 2.79 bits per heavy atom. The van der Waals surface area contributed by atoms with E-state index >= 15 is 0 Å². The van der Waals surface area contributed by atoms with Crippen LogP contribution < -0.4 is 15.4 Å². The molecule has 0 aliphatic heterocycles. The maximum atomic E-state index is 12.3. The summed E-state index contributed by atoms with van der Waals surface area (Å²) in [5.74, 6) is -0.395. The van der Waals surface area contributed by atoms with Crippen LogP contribution in [0, 0.1) is 11.3 Å². The molecule has 1 aromatic carbocycles. The first-order chi connectivity index (χ1) is 15.2. The summed E-state index contributed by atoms with van der Waals surface area (Å²) in [5.41, 5.74) is 2.51. The van der Waals surface area contributed by atoms with Crippen molar-refractivity contribution in [2.24, 2.45) is 0 Å². The normalized spacial score (nSPS) is 12.3. The van der Waals surface area contributed by atoms with Crippen molar-refractivity contribution in [3.05, 3.63) is 60.0 Å². The van der Waals surface area contributed by atoms with Crippen molar-refractivity contribution in [1.82, 2.24) is 20.5 Å². The van der Waals surface area contributed by atoms with Crippen molar-refractivity contribution in [2.75, 3.05) is 12.3 Å². The summed E-state index contributed by atoms with van der Waals surface area (Å²) in [6, 6.07) is 12.3. The topological polar surface area (TPSA) is 113 Å². The van der Waals surface area contributed by atoms with Crippen LogP contribution in [0.2, 0.25) is 0 Å². The first-order valence-corrected chi connectivity index (χ1v) is 8.75. The molecule has 2 heterocycles. The third-order valence-electron chi connectivity index (χ3n) is 3.85. The summed E-state index contributed by atoms with van der Waals surface area (Å²) in [6.07, 6.45) is 2.73. The van der Waals surface area contributed by atoms with Crippen molar-refractivity contribution >= 4 is 17.3 Å². The van der Waals surface area contributed by atoms with Crippen molar-refractivity contribution in [3.63, 3.8) is 0 Å². The molecule has 29 heavy (non-hydrogen) atoms. The van der Waals surface area contributed by atoms with Crippen molar-refractivity contribution < 1.29 is 13.6 Å². The number of nitrogens with zero attached hydrogens (tertiary/aromatic N) is 4. The first-order valence-electron chi connectivity index (χ1n) is 10.2. The minimum absolute atomic E-state index is 0.145. The van der Waals surface area contributed by atoms with Gasteiger partial charge in [0.15, 0.2) is 5.69 Å². The number of rotatable bonds is 6. The van der Waals surface area contributed by atoms with E-state index in [1.807, 2.05) is 25.2 Å². The molecule has 1 amide bonds. The van der Waals surface area contributed by atoms with Gasteiger partial charge in [-0.2, -0.15) is 10.4 Å². The van der Waals surface area contributed by atoms with Gasteiger partial charge < -0.3 is 15.4 Å². The standard InChI is InChI=1S/C21H20N6O2/c1-13(2)29-19-10-15(16-6-4-14(11-22)12-24-16)5-7-17(19)26-18-8-9-25-27-20(18)21(28)23-3/h4-10,12-13H,1-3H3,(H,23,28)(H,25,26)/i3D3. The molecule has 8 nitrogen and oxygen atoms in total. The SMILES string of the molecule is [2H]C([2H])([2H])NC(=O)c1nnccc1Nc1ccc(-c2ccc(C#N)cn2)cc1OC(C)C. The Morgan fingerprint density at radius 2 is 2.10 bits per heavy atom. The van der Waals surface area contributed by atoms with Crippen LogP contribution in [0.3, 0.4) is 0 Å². The second-order valence-electron chi connectivity index (χ2n) is 6.29. The molecular formula is C21H20N6O2. The third-order valence-corrected chi connectivity index (χ3v) is 3.85. The summed E-state index contributed by atoms with van der Waals surface area (Å²) in [6.45, 7) is 1.09. The van der Waals surface area contributed by atoms with E-state index in [9.17, 15) is 4.79 Å². The monoisotopic (exact) mass is 391 g/mol. The molecular weight excluding hydrogens is 368 g/mol. The number of anilines is 2. The van der Waals surface area contributed by atoms with Gasteiger partial charge in [-0.1, -0.05) is 6.07 Å². The Kier molecular flexibility index (Phi) is 4.86. The minimum Gasteiger partial charge on any atom is -0.489 e. The van der Waals surface area contributed by atoms with Gasteiger partial charge in [-0.3, -0.25) is 9.78 Å². The third kappa shape index (κ3) is 4.65. The molecule has 3 rings (SSSR count). The molecule has 2 aromatic heterocycles. The van der Waals surface area contributed by atoms with Gasteiger partial charge in [0.2, 0.25) is 0 Å². The van der Waals surface area contributed by atoms with Gasteiger partial charge in [0.05, 0.1) is 34.9 Å². The Hall–Kier alpha value is -3.99. The number of carbonyl (C=O) groups excluding carboxylic acids is 1. The molecule has 0 aliphatic carbocycles. The maximum Gasteiger partial charge on any atom is 0.273 e. The zero-order chi connectivity index (χ0) is 23.3. The molecule has 0 unspecified atom stereocenters. The molecule has 8 heteroatoms. The summed E-state index contributed by atoms with van der Waals surface area (Å²) in [5, 5.41) is 21.4. The average molecular weight is 391 g/mol. The van der Waals surface area contributed by atoms with Crippen LogP contribution in [-0.4, -0.2) is 34.2 Å². The number of nitriles is 1. The van der Waals surface area contributed by atoms with E-state index in [1.165, 1.54) is 18.5 Å². The molecule has 146 valence electrons. The van der Waals surface area contributed by atoms with E-state index in [-0.39, 0.29) is 17.5 Å². The molecule has 3 aromatic rings. The van der Waals surface area contributed by atoms with Gasteiger partial charge in [-0.05, 0) is 44.2 Å². The number of benzene rings is 1. The summed E-state index contributed by atoms with van der Waals surface area (Å²) in [4.78, 5) is 16.7. The smallest absolute Gasteiger partial charge is 0.273 e. The zero-order valence-electron chi connectivity index (χ0n) is 18.8. The highest BCUT2D eigenvalue weighted by Crippen LogP contribution is 2.33. The van der Waals surface area contributed by atoms with Gasteiger partial charge in [-0.15, -0.1) is 5.10 Å². The fraction of sp³-hybridized carbons (Fsp3) is 0.190. The highest BCUT2D eigenvalue weighted by Gasteiger charge is 2.15. The van der Waals surface area contributed by atoms with E-state index < -0.39 is 12.9 Å². The highest BCUT2D eigenvalue weighted by atomic mass is 16.5. The molecule has 0 atom stereocenters. The highest BCUT2D eigenvalue weighted by molar-refractivity contribution is 5.98. The molecule has 0 radical (unpaired) electrons. The first kappa shape index (κ1) is 16.0. The van der Waals surface area contributed by atoms with E-state index in [4.69, 9.17) is 14.1 Å². The molecule has 0 saturated carbocycles. The van der Waals surface area contributed by atoms with Gasteiger partial charge in [0.1, 0.15) is 11.8 Å². The number of hydrogen-bond donors (Lipinski definition) is 2. The van der Waals surface area contributed by atoms with Crippen LogP contribution in [0.5, 0.6) is 5.75 Å². The van der Waals surface area contributed by atoms with Crippen LogP contribution in [-0.2, 0) is 0 Å². The Bertz CT molecular complexity index is 1160. The van der Waals surface area contributed by atoms with Crippen LogP contribution in [0.1, 0.15) is 34.0 Å².